The average molecular weight is 295 g/mol. The number of hydrogen-bond acceptors (Lipinski definition) is 2. The Kier molecular flexibility index (Phi) is 3.67. The molecule has 22 heavy (non-hydrogen) atoms. The molecule has 0 bridgehead atoms. The second kappa shape index (κ2) is 5.64. The predicted molar refractivity (Wildman–Crippen MR) is 84.9 cm³/mol. The summed E-state index contributed by atoms with van der Waals surface area (Å²) in [5.41, 5.74) is 3.87. The molecule has 0 atom stereocenters. The van der Waals surface area contributed by atoms with Gasteiger partial charge in [0, 0.05) is 11.6 Å². The van der Waals surface area contributed by atoms with Gasteiger partial charge in [0.25, 0.3) is 0 Å². The second-order valence-electron chi connectivity index (χ2n) is 5.68. The number of carboxylic acids is 1. The van der Waals surface area contributed by atoms with Gasteiger partial charge >= 0.3 is 5.97 Å². The molecule has 2 aromatic carbocycles. The van der Waals surface area contributed by atoms with E-state index in [0.717, 1.165) is 35.2 Å². The van der Waals surface area contributed by atoms with Crippen molar-refractivity contribution in [1.29, 1.82) is 0 Å². The zero-order valence-electron chi connectivity index (χ0n) is 12.3. The van der Waals surface area contributed by atoms with Gasteiger partial charge in [-0.05, 0) is 60.7 Å². The summed E-state index contributed by atoms with van der Waals surface area (Å²) < 4.78 is 0. The van der Waals surface area contributed by atoms with Crippen molar-refractivity contribution in [3.63, 3.8) is 0 Å². The van der Waals surface area contributed by atoms with Gasteiger partial charge in [0.2, 0.25) is 5.91 Å². The van der Waals surface area contributed by atoms with E-state index in [1.807, 2.05) is 31.2 Å². The van der Waals surface area contributed by atoms with E-state index in [0.29, 0.717) is 0 Å². The predicted octanol–water partition coefficient (Wildman–Crippen LogP) is 3.71. The lowest BCUT2D eigenvalue weighted by molar-refractivity contribution is -0.117. The Morgan fingerprint density at radius 3 is 2.55 bits per heavy atom. The molecular weight excluding hydrogens is 278 g/mol. The first-order valence-corrected chi connectivity index (χ1v) is 7.30. The van der Waals surface area contributed by atoms with Crippen molar-refractivity contribution in [1.82, 2.24) is 0 Å². The van der Waals surface area contributed by atoms with Crippen LogP contribution in [-0.4, -0.2) is 17.0 Å². The third-order valence-electron chi connectivity index (χ3n) is 3.86. The topological polar surface area (TPSA) is 66.4 Å². The fourth-order valence-corrected chi connectivity index (χ4v) is 2.47. The summed E-state index contributed by atoms with van der Waals surface area (Å²) >= 11 is 0. The van der Waals surface area contributed by atoms with Gasteiger partial charge in [0.1, 0.15) is 0 Å². The minimum Gasteiger partial charge on any atom is -0.478 e. The summed E-state index contributed by atoms with van der Waals surface area (Å²) in [5.74, 6) is -0.680. The first-order chi connectivity index (χ1) is 10.5. The first kappa shape index (κ1) is 14.3. The van der Waals surface area contributed by atoms with Crippen LogP contribution >= 0.6 is 0 Å². The SMILES string of the molecule is Cc1cc(NC(=O)C2CC2)ccc1-c1cccc(C(=O)O)c1. The highest BCUT2D eigenvalue weighted by atomic mass is 16.4. The van der Waals surface area contributed by atoms with Crippen molar-refractivity contribution >= 4 is 17.6 Å². The Morgan fingerprint density at radius 2 is 1.91 bits per heavy atom. The van der Waals surface area contributed by atoms with E-state index in [-0.39, 0.29) is 17.4 Å². The Balaban J connectivity index is 1.86. The van der Waals surface area contributed by atoms with Crippen LogP contribution in [0.15, 0.2) is 42.5 Å². The van der Waals surface area contributed by atoms with Crippen LogP contribution in [0.1, 0.15) is 28.8 Å². The standard InChI is InChI=1S/C18H17NO3/c1-11-9-15(19-17(20)12-5-6-12)7-8-16(11)13-3-2-4-14(10-13)18(21)22/h2-4,7-10,12H,5-6H2,1H3,(H,19,20)(H,21,22). The molecule has 1 aliphatic rings. The van der Waals surface area contributed by atoms with Crippen LogP contribution in [0.4, 0.5) is 5.69 Å². The third-order valence-corrected chi connectivity index (χ3v) is 3.86. The number of carboxylic acid groups (broad SMARTS) is 1. The molecule has 0 spiro atoms. The van der Waals surface area contributed by atoms with Crippen molar-refractivity contribution in [2.75, 3.05) is 5.32 Å². The Labute approximate surface area is 128 Å². The number of anilines is 1. The molecule has 1 saturated carbocycles. The van der Waals surface area contributed by atoms with Crippen LogP contribution in [-0.2, 0) is 4.79 Å². The molecule has 0 unspecified atom stereocenters. The van der Waals surface area contributed by atoms with E-state index in [1.165, 1.54) is 0 Å². The van der Waals surface area contributed by atoms with Crippen LogP contribution in [0.2, 0.25) is 0 Å². The van der Waals surface area contributed by atoms with Crippen molar-refractivity contribution in [2.45, 2.75) is 19.8 Å². The summed E-state index contributed by atoms with van der Waals surface area (Å²) in [5, 5.41) is 12.0. The number of amides is 1. The largest absolute Gasteiger partial charge is 0.478 e. The number of aromatic carboxylic acids is 1. The van der Waals surface area contributed by atoms with Crippen LogP contribution in [0, 0.1) is 12.8 Å². The monoisotopic (exact) mass is 295 g/mol. The lowest BCUT2D eigenvalue weighted by Gasteiger charge is -2.10. The number of hydrogen-bond donors (Lipinski definition) is 2. The minimum absolute atomic E-state index is 0.0834. The number of rotatable bonds is 4. The Bertz CT molecular complexity index is 748. The summed E-state index contributed by atoms with van der Waals surface area (Å²) in [4.78, 5) is 22.9. The van der Waals surface area contributed by atoms with E-state index in [1.54, 1.807) is 18.2 Å². The zero-order chi connectivity index (χ0) is 15.7. The first-order valence-electron chi connectivity index (χ1n) is 7.30. The van der Waals surface area contributed by atoms with Gasteiger partial charge in [-0.15, -0.1) is 0 Å². The molecule has 1 aliphatic carbocycles. The number of benzene rings is 2. The third kappa shape index (κ3) is 3.01. The maximum atomic E-state index is 11.8. The lowest BCUT2D eigenvalue weighted by atomic mass is 9.98. The van der Waals surface area contributed by atoms with Crippen LogP contribution < -0.4 is 5.32 Å². The van der Waals surface area contributed by atoms with Crippen molar-refractivity contribution in [2.24, 2.45) is 5.92 Å². The summed E-state index contributed by atoms with van der Waals surface area (Å²) in [6, 6.07) is 12.6. The molecule has 2 aromatic rings. The molecule has 0 radical (unpaired) electrons. The molecule has 0 aromatic heterocycles. The van der Waals surface area contributed by atoms with Gasteiger partial charge in [-0.1, -0.05) is 18.2 Å². The van der Waals surface area contributed by atoms with E-state index >= 15 is 0 Å². The Morgan fingerprint density at radius 1 is 1.14 bits per heavy atom. The maximum Gasteiger partial charge on any atom is 0.335 e. The zero-order valence-corrected chi connectivity index (χ0v) is 12.3. The lowest BCUT2D eigenvalue weighted by Crippen LogP contribution is -2.13. The molecule has 0 aliphatic heterocycles. The highest BCUT2D eigenvalue weighted by molar-refractivity contribution is 5.94. The highest BCUT2D eigenvalue weighted by Gasteiger charge is 2.29. The Hall–Kier alpha value is -2.62. The molecule has 3 rings (SSSR count). The van der Waals surface area contributed by atoms with Gasteiger partial charge in [0.05, 0.1) is 5.56 Å². The van der Waals surface area contributed by atoms with E-state index in [2.05, 4.69) is 5.32 Å². The van der Waals surface area contributed by atoms with E-state index in [9.17, 15) is 9.59 Å². The van der Waals surface area contributed by atoms with Crippen LogP contribution in [0.3, 0.4) is 0 Å². The number of carbonyl (C=O) groups excluding carboxylic acids is 1. The minimum atomic E-state index is -0.937. The quantitative estimate of drug-likeness (QED) is 0.903. The fraction of sp³-hybridized carbons (Fsp3) is 0.222. The second-order valence-corrected chi connectivity index (χ2v) is 5.68. The number of carbonyl (C=O) groups is 2. The molecule has 112 valence electrons. The van der Waals surface area contributed by atoms with E-state index < -0.39 is 5.97 Å². The summed E-state index contributed by atoms with van der Waals surface area (Å²) in [7, 11) is 0. The molecule has 4 heteroatoms. The number of aryl methyl sites for hydroxylation is 1. The fourth-order valence-electron chi connectivity index (χ4n) is 2.47. The molecule has 0 heterocycles. The van der Waals surface area contributed by atoms with Crippen LogP contribution in [0.25, 0.3) is 11.1 Å². The average Bonchev–Trinajstić information content (AvgIpc) is 3.32. The van der Waals surface area contributed by atoms with Crippen molar-refractivity contribution < 1.29 is 14.7 Å². The van der Waals surface area contributed by atoms with Crippen LogP contribution in [0.5, 0.6) is 0 Å². The summed E-state index contributed by atoms with van der Waals surface area (Å²) in [6.07, 6.45) is 1.95. The molecule has 1 amide bonds. The highest BCUT2D eigenvalue weighted by Crippen LogP contribution is 2.31. The summed E-state index contributed by atoms with van der Waals surface area (Å²) in [6.45, 7) is 1.95. The molecule has 1 fully saturated rings. The van der Waals surface area contributed by atoms with Gasteiger partial charge in [-0.3, -0.25) is 4.79 Å². The van der Waals surface area contributed by atoms with Crippen molar-refractivity contribution in [3.8, 4) is 11.1 Å². The maximum absolute atomic E-state index is 11.8. The van der Waals surface area contributed by atoms with Crippen molar-refractivity contribution in [3.05, 3.63) is 53.6 Å². The normalized spacial score (nSPS) is 13.7. The molecule has 0 saturated heterocycles. The van der Waals surface area contributed by atoms with Gasteiger partial charge in [-0.25, -0.2) is 4.79 Å². The smallest absolute Gasteiger partial charge is 0.335 e. The van der Waals surface area contributed by atoms with Gasteiger partial charge < -0.3 is 10.4 Å². The van der Waals surface area contributed by atoms with E-state index in [4.69, 9.17) is 5.11 Å². The van der Waals surface area contributed by atoms with Gasteiger partial charge in [0.15, 0.2) is 0 Å². The molecule has 4 nitrogen and oxygen atoms in total. The molecular formula is C18H17NO3. The molecule has 2 N–H and O–H groups in total. The van der Waals surface area contributed by atoms with Gasteiger partial charge in [-0.2, -0.15) is 0 Å². The number of nitrogens with one attached hydrogen (secondary N) is 1.